The van der Waals surface area contributed by atoms with E-state index in [9.17, 15) is 4.79 Å². The van der Waals surface area contributed by atoms with Crippen molar-refractivity contribution < 1.29 is 4.79 Å². The summed E-state index contributed by atoms with van der Waals surface area (Å²) in [5.74, 6) is 0. The Hall–Kier alpha value is -0.410. The number of nitrogens with one attached hydrogen (secondary N) is 1. The second-order valence-electron chi connectivity index (χ2n) is 7.89. The Balaban J connectivity index is 1.82. The van der Waals surface area contributed by atoms with E-state index in [1.165, 1.54) is 96.4 Å². The highest BCUT2D eigenvalue weighted by atomic mass is 16.1. The minimum absolute atomic E-state index is 0.438. The molecule has 0 bridgehead atoms. The summed E-state index contributed by atoms with van der Waals surface area (Å²) in [7, 11) is 0. The van der Waals surface area contributed by atoms with E-state index in [0.717, 1.165) is 25.9 Å². The molecule has 0 radical (unpaired) electrons. The maximum atomic E-state index is 10.8. The zero-order chi connectivity index (χ0) is 18.0. The van der Waals surface area contributed by atoms with E-state index in [1.54, 1.807) is 0 Å². The van der Waals surface area contributed by atoms with Crippen LogP contribution in [0.3, 0.4) is 0 Å². The second kappa shape index (κ2) is 17.0. The minimum atomic E-state index is 0.438. The number of aldehydes is 1. The average Bonchev–Trinajstić information content (AvgIpc) is 2.63. The van der Waals surface area contributed by atoms with Crippen molar-refractivity contribution in [2.75, 3.05) is 26.2 Å². The fourth-order valence-corrected chi connectivity index (χ4v) is 3.95. The molecule has 1 aliphatic rings. The number of carbonyl (C=O) groups is 1. The van der Waals surface area contributed by atoms with E-state index in [-0.39, 0.29) is 0 Å². The molecule has 0 spiro atoms. The summed E-state index contributed by atoms with van der Waals surface area (Å²) in [6.45, 7) is 6.64. The number of piperazine rings is 1. The molecule has 3 nitrogen and oxygen atoms in total. The molecule has 1 N–H and O–H groups in total. The summed E-state index contributed by atoms with van der Waals surface area (Å²) < 4.78 is 0. The van der Waals surface area contributed by atoms with E-state index in [0.29, 0.717) is 12.5 Å². The van der Waals surface area contributed by atoms with E-state index in [2.05, 4.69) is 17.1 Å². The van der Waals surface area contributed by atoms with E-state index >= 15 is 0 Å². The third kappa shape index (κ3) is 12.6. The number of carbonyl (C=O) groups excluding carboxylic acids is 1. The van der Waals surface area contributed by atoms with Crippen LogP contribution in [-0.4, -0.2) is 43.4 Å². The molecule has 1 saturated heterocycles. The minimum Gasteiger partial charge on any atom is -0.314 e. The van der Waals surface area contributed by atoms with Gasteiger partial charge < -0.3 is 10.1 Å². The largest absolute Gasteiger partial charge is 0.314 e. The van der Waals surface area contributed by atoms with Crippen LogP contribution in [0.1, 0.15) is 103 Å². The van der Waals surface area contributed by atoms with E-state index in [4.69, 9.17) is 0 Å². The van der Waals surface area contributed by atoms with Gasteiger partial charge in [0.15, 0.2) is 0 Å². The lowest BCUT2D eigenvalue weighted by molar-refractivity contribution is -0.109. The van der Waals surface area contributed by atoms with Crippen molar-refractivity contribution in [3.63, 3.8) is 0 Å². The van der Waals surface area contributed by atoms with Crippen LogP contribution in [0.4, 0.5) is 0 Å². The van der Waals surface area contributed by atoms with Gasteiger partial charge in [0.25, 0.3) is 0 Å². The maximum Gasteiger partial charge on any atom is 0.121 e. The van der Waals surface area contributed by atoms with Crippen LogP contribution < -0.4 is 5.32 Å². The normalized spacial score (nSPS) is 18.5. The number of hydrogen-bond donors (Lipinski definition) is 1. The van der Waals surface area contributed by atoms with E-state index < -0.39 is 0 Å². The predicted molar refractivity (Wildman–Crippen MR) is 109 cm³/mol. The Bertz CT molecular complexity index is 296. The van der Waals surface area contributed by atoms with Gasteiger partial charge in [0.1, 0.15) is 6.29 Å². The molecule has 1 heterocycles. The summed E-state index contributed by atoms with van der Waals surface area (Å²) in [5.41, 5.74) is 0. The van der Waals surface area contributed by atoms with Crippen LogP contribution in [0.15, 0.2) is 0 Å². The molecular weight excluding hydrogens is 308 g/mol. The van der Waals surface area contributed by atoms with Gasteiger partial charge in [0.2, 0.25) is 0 Å². The molecule has 3 heteroatoms. The molecule has 0 aliphatic carbocycles. The van der Waals surface area contributed by atoms with Gasteiger partial charge in [-0.05, 0) is 13.0 Å². The molecule has 0 aromatic rings. The third-order valence-electron chi connectivity index (χ3n) is 5.64. The van der Waals surface area contributed by atoms with Gasteiger partial charge in [-0.3, -0.25) is 4.90 Å². The SMILES string of the molecule is CCCCCCCCCCCCCCCCN1CCNCC1CC=O. The van der Waals surface area contributed by atoms with E-state index in [1.807, 2.05) is 0 Å². The summed E-state index contributed by atoms with van der Waals surface area (Å²) in [5, 5.41) is 3.40. The highest BCUT2D eigenvalue weighted by Gasteiger charge is 2.20. The molecule has 0 amide bonds. The zero-order valence-electron chi connectivity index (χ0n) is 16.9. The Morgan fingerprint density at radius 2 is 1.36 bits per heavy atom. The first-order chi connectivity index (χ1) is 12.4. The monoisotopic (exact) mass is 352 g/mol. The van der Waals surface area contributed by atoms with Gasteiger partial charge >= 0.3 is 0 Å². The van der Waals surface area contributed by atoms with Crippen LogP contribution in [0.2, 0.25) is 0 Å². The first-order valence-electron chi connectivity index (χ1n) is 11.3. The highest BCUT2D eigenvalue weighted by Crippen LogP contribution is 2.14. The Labute approximate surface area is 157 Å². The van der Waals surface area contributed by atoms with Gasteiger partial charge in [-0.15, -0.1) is 0 Å². The maximum absolute atomic E-state index is 10.8. The first-order valence-corrected chi connectivity index (χ1v) is 11.3. The standard InChI is InChI=1S/C22H44N2O/c1-2-3-4-5-6-7-8-9-10-11-12-13-14-15-18-24-19-17-23-21-22(24)16-20-25/h20,22-23H,2-19,21H2,1H3. The van der Waals surface area contributed by atoms with Crippen molar-refractivity contribution >= 4 is 6.29 Å². The van der Waals surface area contributed by atoms with Crippen molar-refractivity contribution in [1.29, 1.82) is 0 Å². The third-order valence-corrected chi connectivity index (χ3v) is 5.64. The van der Waals surface area contributed by atoms with Crippen LogP contribution >= 0.6 is 0 Å². The number of nitrogens with zero attached hydrogens (tertiary/aromatic N) is 1. The van der Waals surface area contributed by atoms with Gasteiger partial charge in [0.05, 0.1) is 0 Å². The number of hydrogen-bond acceptors (Lipinski definition) is 3. The summed E-state index contributed by atoms with van der Waals surface area (Å²) >= 11 is 0. The molecule has 148 valence electrons. The van der Waals surface area contributed by atoms with Gasteiger partial charge in [-0.2, -0.15) is 0 Å². The highest BCUT2D eigenvalue weighted by molar-refractivity contribution is 5.50. The van der Waals surface area contributed by atoms with Crippen molar-refractivity contribution in [1.82, 2.24) is 10.2 Å². The molecule has 1 aliphatic heterocycles. The van der Waals surface area contributed by atoms with Crippen molar-refractivity contribution in [3.05, 3.63) is 0 Å². The fourth-order valence-electron chi connectivity index (χ4n) is 3.95. The lowest BCUT2D eigenvalue weighted by Crippen LogP contribution is -2.51. The summed E-state index contributed by atoms with van der Waals surface area (Å²) in [6.07, 6.45) is 21.6. The lowest BCUT2D eigenvalue weighted by atomic mass is 10.0. The Morgan fingerprint density at radius 1 is 0.840 bits per heavy atom. The quantitative estimate of drug-likeness (QED) is 0.284. The summed E-state index contributed by atoms with van der Waals surface area (Å²) in [4.78, 5) is 13.3. The molecule has 0 aromatic heterocycles. The molecule has 1 fully saturated rings. The van der Waals surface area contributed by atoms with Crippen LogP contribution in [0.25, 0.3) is 0 Å². The molecule has 1 atom stereocenters. The predicted octanol–water partition coefficient (Wildman–Crippen LogP) is 5.33. The van der Waals surface area contributed by atoms with Crippen molar-refractivity contribution in [2.45, 2.75) is 109 Å². The Kier molecular flexibility index (Phi) is 15.4. The van der Waals surface area contributed by atoms with Crippen LogP contribution in [0.5, 0.6) is 0 Å². The zero-order valence-corrected chi connectivity index (χ0v) is 16.9. The molecule has 1 rings (SSSR count). The first kappa shape index (κ1) is 22.6. The summed E-state index contributed by atoms with van der Waals surface area (Å²) in [6, 6.07) is 0.438. The fraction of sp³-hybridized carbons (Fsp3) is 0.955. The van der Waals surface area contributed by atoms with Crippen LogP contribution in [-0.2, 0) is 4.79 Å². The van der Waals surface area contributed by atoms with Gasteiger partial charge in [-0.1, -0.05) is 90.4 Å². The average molecular weight is 353 g/mol. The van der Waals surface area contributed by atoms with Crippen LogP contribution in [0, 0.1) is 0 Å². The van der Waals surface area contributed by atoms with Crippen molar-refractivity contribution in [2.24, 2.45) is 0 Å². The smallest absolute Gasteiger partial charge is 0.121 e. The topological polar surface area (TPSA) is 32.3 Å². The molecule has 0 saturated carbocycles. The molecule has 25 heavy (non-hydrogen) atoms. The molecular formula is C22H44N2O. The molecule has 0 aromatic carbocycles. The number of rotatable bonds is 17. The lowest BCUT2D eigenvalue weighted by Gasteiger charge is -2.35. The van der Waals surface area contributed by atoms with Gasteiger partial charge in [0, 0.05) is 32.1 Å². The molecule has 1 unspecified atom stereocenters. The van der Waals surface area contributed by atoms with Gasteiger partial charge in [-0.25, -0.2) is 0 Å². The second-order valence-corrected chi connectivity index (χ2v) is 7.89. The Morgan fingerprint density at radius 3 is 1.88 bits per heavy atom. The van der Waals surface area contributed by atoms with Crippen molar-refractivity contribution in [3.8, 4) is 0 Å². The number of unbranched alkanes of at least 4 members (excludes halogenated alkanes) is 13.